The van der Waals surface area contributed by atoms with Gasteiger partial charge < -0.3 is 21.7 Å². The summed E-state index contributed by atoms with van der Waals surface area (Å²) in [5.41, 5.74) is 13.8. The third kappa shape index (κ3) is 3.98. The van der Waals surface area contributed by atoms with Gasteiger partial charge in [0.25, 0.3) is 11.8 Å². The number of carbonyl (C=O) groups excluding carboxylic acids is 3. The van der Waals surface area contributed by atoms with Crippen LogP contribution in [0.1, 0.15) is 25.3 Å². The van der Waals surface area contributed by atoms with Crippen molar-refractivity contribution in [2.45, 2.75) is 25.8 Å². The van der Waals surface area contributed by atoms with E-state index in [0.717, 1.165) is 10.5 Å². The van der Waals surface area contributed by atoms with Crippen molar-refractivity contribution in [3.63, 3.8) is 0 Å². The molecule has 3 heterocycles. The van der Waals surface area contributed by atoms with Crippen LogP contribution < -0.4 is 16.8 Å². The molecule has 2 aliphatic rings. The van der Waals surface area contributed by atoms with Crippen LogP contribution in [0.15, 0.2) is 53.8 Å². The molecule has 0 aliphatic carbocycles. The fourth-order valence-corrected chi connectivity index (χ4v) is 3.37. The summed E-state index contributed by atoms with van der Waals surface area (Å²) in [5.74, 6) is -0.931. The molecule has 0 radical (unpaired) electrons. The smallest absolute Gasteiger partial charge is 0.277 e. The average molecular weight is 396 g/mol. The van der Waals surface area contributed by atoms with Crippen LogP contribution in [-0.2, 0) is 14.4 Å². The molecule has 9 heteroatoms. The fourth-order valence-electron chi connectivity index (χ4n) is 3.37. The summed E-state index contributed by atoms with van der Waals surface area (Å²) in [6, 6.07) is 2.90. The van der Waals surface area contributed by atoms with Crippen molar-refractivity contribution in [2.75, 3.05) is 13.6 Å². The maximum atomic E-state index is 12.7. The molecule has 1 aromatic heterocycles. The van der Waals surface area contributed by atoms with Gasteiger partial charge in [-0.25, -0.2) is 0 Å². The van der Waals surface area contributed by atoms with Crippen LogP contribution in [0.2, 0.25) is 0 Å². The average Bonchev–Trinajstić information content (AvgIpc) is 2.96. The Hall–Kier alpha value is -3.62. The normalized spacial score (nSPS) is 18.8. The monoisotopic (exact) mass is 396 g/mol. The molecule has 5 N–H and O–H groups in total. The zero-order valence-electron chi connectivity index (χ0n) is 16.4. The molecular weight excluding hydrogens is 372 g/mol. The molecule has 3 amide bonds. The quantitative estimate of drug-likeness (QED) is 0.472. The van der Waals surface area contributed by atoms with E-state index in [1.165, 1.54) is 13.1 Å². The number of nitrogens with zero attached hydrogens (tertiary/aromatic N) is 3. The van der Waals surface area contributed by atoms with Crippen LogP contribution in [0.25, 0.3) is 5.70 Å². The van der Waals surface area contributed by atoms with Gasteiger partial charge in [-0.2, -0.15) is 0 Å². The molecule has 1 unspecified atom stereocenters. The molecule has 152 valence electrons. The Morgan fingerprint density at radius 3 is 2.72 bits per heavy atom. The van der Waals surface area contributed by atoms with E-state index in [1.54, 1.807) is 36.4 Å². The first-order chi connectivity index (χ1) is 13.8. The van der Waals surface area contributed by atoms with Crippen LogP contribution in [0.5, 0.6) is 0 Å². The first-order valence-corrected chi connectivity index (χ1v) is 9.27. The molecule has 0 saturated heterocycles. The Kier molecular flexibility index (Phi) is 5.67. The number of imide groups is 1. The second-order valence-corrected chi connectivity index (χ2v) is 6.94. The summed E-state index contributed by atoms with van der Waals surface area (Å²) in [6.07, 6.45) is 7.56. The second-order valence-electron chi connectivity index (χ2n) is 6.94. The van der Waals surface area contributed by atoms with E-state index in [4.69, 9.17) is 11.5 Å². The highest BCUT2D eigenvalue weighted by molar-refractivity contribution is 6.19. The Morgan fingerprint density at radius 2 is 2.03 bits per heavy atom. The van der Waals surface area contributed by atoms with E-state index < -0.39 is 6.04 Å². The maximum Gasteiger partial charge on any atom is 0.277 e. The van der Waals surface area contributed by atoms with E-state index in [9.17, 15) is 14.4 Å². The Balaban J connectivity index is 1.70. The second kappa shape index (κ2) is 8.17. The number of allylic oxidation sites excluding steroid dienone is 2. The molecule has 0 spiro atoms. The fraction of sp³-hybridized carbons (Fsp3) is 0.300. The lowest BCUT2D eigenvalue weighted by molar-refractivity contribution is -0.136. The number of pyridine rings is 1. The highest BCUT2D eigenvalue weighted by Gasteiger charge is 2.42. The van der Waals surface area contributed by atoms with Crippen LogP contribution in [-0.4, -0.2) is 52.1 Å². The molecule has 3 rings (SSSR count). The number of amides is 3. The predicted octanol–water partition coefficient (Wildman–Crippen LogP) is 0.0345. The van der Waals surface area contributed by atoms with Gasteiger partial charge in [0.05, 0.1) is 0 Å². The number of aromatic nitrogens is 1. The minimum absolute atomic E-state index is 0.117. The van der Waals surface area contributed by atoms with Crippen LogP contribution in [0.3, 0.4) is 0 Å². The number of nitrogens with one attached hydrogen (secondary N) is 1. The van der Waals surface area contributed by atoms with Gasteiger partial charge in [0, 0.05) is 42.8 Å². The lowest BCUT2D eigenvalue weighted by Crippen LogP contribution is -2.48. The van der Waals surface area contributed by atoms with E-state index >= 15 is 0 Å². The van der Waals surface area contributed by atoms with E-state index in [1.807, 2.05) is 6.07 Å². The van der Waals surface area contributed by atoms with E-state index in [2.05, 4.69) is 10.3 Å². The number of hydrogen-bond donors (Lipinski definition) is 3. The van der Waals surface area contributed by atoms with Gasteiger partial charge in [-0.15, -0.1) is 0 Å². The van der Waals surface area contributed by atoms with Gasteiger partial charge in [0.1, 0.15) is 17.6 Å². The van der Waals surface area contributed by atoms with Gasteiger partial charge in [-0.05, 0) is 44.1 Å². The molecule has 1 atom stereocenters. The molecule has 0 fully saturated rings. The van der Waals surface area contributed by atoms with Crippen molar-refractivity contribution in [1.82, 2.24) is 20.1 Å². The number of hydrogen-bond acceptors (Lipinski definition) is 7. The topological polar surface area (TPSA) is 135 Å². The van der Waals surface area contributed by atoms with Crippen LogP contribution in [0, 0.1) is 0 Å². The van der Waals surface area contributed by atoms with Crippen molar-refractivity contribution in [3.05, 3.63) is 59.3 Å². The molecule has 2 aliphatic heterocycles. The van der Waals surface area contributed by atoms with E-state index in [-0.39, 0.29) is 23.5 Å². The van der Waals surface area contributed by atoms with Crippen LogP contribution >= 0.6 is 0 Å². The summed E-state index contributed by atoms with van der Waals surface area (Å²) in [6.45, 7) is 2.19. The first-order valence-electron chi connectivity index (χ1n) is 9.27. The third-order valence-corrected chi connectivity index (χ3v) is 5.02. The van der Waals surface area contributed by atoms with Crippen molar-refractivity contribution >= 4 is 23.4 Å². The van der Waals surface area contributed by atoms with Crippen molar-refractivity contribution in [3.8, 4) is 0 Å². The zero-order valence-corrected chi connectivity index (χ0v) is 16.4. The SMILES string of the molecule is CC(C(=O)N/C(N)=C/C=C(\N)c1cccnc1)N1CCCC2=C1C(=O)N(C)C2=O. The Bertz CT molecular complexity index is 935. The lowest BCUT2D eigenvalue weighted by atomic mass is 10.0. The largest absolute Gasteiger partial charge is 0.398 e. The highest BCUT2D eigenvalue weighted by atomic mass is 16.2. The van der Waals surface area contributed by atoms with Gasteiger partial charge in [0.2, 0.25) is 5.91 Å². The summed E-state index contributed by atoms with van der Waals surface area (Å²) in [4.78, 5) is 44.0. The number of nitrogens with two attached hydrogens (primary N) is 2. The summed E-state index contributed by atoms with van der Waals surface area (Å²) in [5, 5.41) is 2.61. The summed E-state index contributed by atoms with van der Waals surface area (Å²) < 4.78 is 0. The summed E-state index contributed by atoms with van der Waals surface area (Å²) >= 11 is 0. The first kappa shape index (κ1) is 20.1. The highest BCUT2D eigenvalue weighted by Crippen LogP contribution is 2.31. The van der Waals surface area contributed by atoms with Crippen LogP contribution in [0.4, 0.5) is 0 Å². The van der Waals surface area contributed by atoms with Gasteiger partial charge in [0.15, 0.2) is 0 Å². The molecular formula is C20H24N6O3. The standard InChI is InChI=1S/C20H24N6O3/c1-12(26-10-4-6-14-17(26)20(29)25(2)19(14)28)18(27)24-16(22)8-7-15(21)13-5-3-9-23-11-13/h3,5,7-9,11-12H,4,6,10,21-22H2,1-2H3,(H,24,27)/b15-7-,16-8+. The van der Waals surface area contributed by atoms with E-state index in [0.29, 0.717) is 36.4 Å². The number of rotatable bonds is 5. The molecule has 0 bridgehead atoms. The minimum Gasteiger partial charge on any atom is -0.398 e. The lowest BCUT2D eigenvalue weighted by Gasteiger charge is -2.33. The third-order valence-electron chi connectivity index (χ3n) is 5.02. The summed E-state index contributed by atoms with van der Waals surface area (Å²) in [7, 11) is 1.45. The van der Waals surface area contributed by atoms with Crippen molar-refractivity contribution in [1.29, 1.82) is 0 Å². The molecule has 9 nitrogen and oxygen atoms in total. The molecule has 0 saturated carbocycles. The van der Waals surface area contributed by atoms with Gasteiger partial charge >= 0.3 is 0 Å². The molecule has 29 heavy (non-hydrogen) atoms. The van der Waals surface area contributed by atoms with Crippen molar-refractivity contribution < 1.29 is 14.4 Å². The maximum absolute atomic E-state index is 12.7. The van der Waals surface area contributed by atoms with Gasteiger partial charge in [-0.3, -0.25) is 24.3 Å². The van der Waals surface area contributed by atoms with Crippen molar-refractivity contribution in [2.24, 2.45) is 11.5 Å². The number of carbonyl (C=O) groups is 3. The Labute approximate surface area is 168 Å². The number of likely N-dealkylation sites (N-methyl/N-ethyl adjacent to an activating group) is 1. The minimum atomic E-state index is -0.671. The van der Waals surface area contributed by atoms with Gasteiger partial charge in [-0.1, -0.05) is 0 Å². The molecule has 0 aromatic carbocycles. The molecule has 1 aromatic rings. The Morgan fingerprint density at radius 1 is 1.28 bits per heavy atom. The predicted molar refractivity (Wildman–Crippen MR) is 107 cm³/mol. The zero-order chi connectivity index (χ0) is 21.1.